The van der Waals surface area contributed by atoms with Gasteiger partial charge >= 0.3 is 0 Å². The molecule has 0 saturated heterocycles. The van der Waals surface area contributed by atoms with Crippen LogP contribution in [0.3, 0.4) is 0 Å². The smallest absolute Gasteiger partial charge is 0.254 e. The van der Waals surface area contributed by atoms with Crippen molar-refractivity contribution < 1.29 is 4.79 Å². The summed E-state index contributed by atoms with van der Waals surface area (Å²) in [7, 11) is 0. The third-order valence-corrected chi connectivity index (χ3v) is 4.39. The van der Waals surface area contributed by atoms with E-state index >= 15 is 0 Å². The first-order valence-electron chi connectivity index (χ1n) is 8.18. The van der Waals surface area contributed by atoms with Gasteiger partial charge in [-0.25, -0.2) is 9.97 Å². The first-order chi connectivity index (χ1) is 11.0. The lowest BCUT2D eigenvalue weighted by atomic mass is 10.1. The first kappa shape index (κ1) is 15.6. The zero-order chi connectivity index (χ0) is 16.6. The molecule has 0 unspecified atom stereocenters. The predicted octanol–water partition coefficient (Wildman–Crippen LogP) is 2.68. The van der Waals surface area contributed by atoms with E-state index < -0.39 is 0 Å². The van der Waals surface area contributed by atoms with Gasteiger partial charge in [-0.3, -0.25) is 9.48 Å². The van der Waals surface area contributed by atoms with Gasteiger partial charge in [0.1, 0.15) is 5.82 Å². The molecule has 2 heterocycles. The quantitative estimate of drug-likeness (QED) is 0.921. The number of hydrogen-bond acceptors (Lipinski definition) is 4. The lowest BCUT2D eigenvalue weighted by molar-refractivity contribution is 0.0939. The average molecular weight is 313 g/mol. The Morgan fingerprint density at radius 3 is 2.52 bits per heavy atom. The Bertz CT molecular complexity index is 715. The van der Waals surface area contributed by atoms with Gasteiger partial charge in [-0.15, -0.1) is 0 Å². The van der Waals surface area contributed by atoms with Gasteiger partial charge in [-0.1, -0.05) is 0 Å². The summed E-state index contributed by atoms with van der Waals surface area (Å²) < 4.78 is 1.96. The highest BCUT2D eigenvalue weighted by Gasteiger charge is 2.26. The van der Waals surface area contributed by atoms with Gasteiger partial charge in [0, 0.05) is 36.1 Å². The molecule has 3 rings (SSSR count). The number of carbonyl (C=O) groups excluding carboxylic acids is 1. The molecule has 1 atom stereocenters. The van der Waals surface area contributed by atoms with Gasteiger partial charge in [-0.05, 0) is 40.5 Å². The fourth-order valence-corrected chi connectivity index (χ4v) is 3.01. The third kappa shape index (κ3) is 3.11. The summed E-state index contributed by atoms with van der Waals surface area (Å²) in [5.41, 5.74) is 3.63. The molecule has 2 aromatic heterocycles. The minimum Gasteiger partial charge on any atom is -0.345 e. The fourth-order valence-electron chi connectivity index (χ4n) is 3.01. The van der Waals surface area contributed by atoms with Gasteiger partial charge in [0.05, 0.1) is 17.3 Å². The van der Waals surface area contributed by atoms with Crippen molar-refractivity contribution in [2.45, 2.75) is 59.0 Å². The molecule has 1 fully saturated rings. The Balaban J connectivity index is 1.72. The van der Waals surface area contributed by atoms with Crippen molar-refractivity contribution in [1.29, 1.82) is 0 Å². The van der Waals surface area contributed by atoms with Gasteiger partial charge < -0.3 is 5.32 Å². The molecule has 0 radical (unpaired) electrons. The maximum atomic E-state index is 12.4. The summed E-state index contributed by atoms with van der Waals surface area (Å²) in [4.78, 5) is 21.0. The molecule has 0 bridgehead atoms. The Morgan fingerprint density at radius 2 is 2.00 bits per heavy atom. The minimum atomic E-state index is -0.150. The number of aryl methyl sites for hydroxylation is 2. The molecule has 1 aliphatic carbocycles. The summed E-state index contributed by atoms with van der Waals surface area (Å²) >= 11 is 0. The van der Waals surface area contributed by atoms with Crippen LogP contribution in [0.1, 0.15) is 71.8 Å². The van der Waals surface area contributed by atoms with Crippen molar-refractivity contribution in [2.75, 3.05) is 0 Å². The molecule has 1 saturated carbocycles. The van der Waals surface area contributed by atoms with Crippen LogP contribution in [0.5, 0.6) is 0 Å². The topological polar surface area (TPSA) is 72.7 Å². The second-order valence-corrected chi connectivity index (χ2v) is 6.20. The molecule has 2 aromatic rings. The largest absolute Gasteiger partial charge is 0.345 e. The number of nitrogens with one attached hydrogen (secondary N) is 1. The summed E-state index contributed by atoms with van der Waals surface area (Å²) in [5.74, 6) is 1.20. The van der Waals surface area contributed by atoms with Crippen LogP contribution in [0.2, 0.25) is 0 Å². The molecule has 6 heteroatoms. The van der Waals surface area contributed by atoms with Crippen LogP contribution < -0.4 is 5.32 Å². The predicted molar refractivity (Wildman–Crippen MR) is 87.3 cm³/mol. The van der Waals surface area contributed by atoms with Crippen LogP contribution in [0.4, 0.5) is 0 Å². The zero-order valence-electron chi connectivity index (χ0n) is 14.1. The van der Waals surface area contributed by atoms with E-state index in [1.807, 2.05) is 25.5 Å². The molecule has 122 valence electrons. The highest BCUT2D eigenvalue weighted by molar-refractivity contribution is 5.93. The second-order valence-electron chi connectivity index (χ2n) is 6.20. The lowest BCUT2D eigenvalue weighted by Crippen LogP contribution is -2.27. The van der Waals surface area contributed by atoms with E-state index in [-0.39, 0.29) is 11.9 Å². The van der Waals surface area contributed by atoms with Gasteiger partial charge in [0.2, 0.25) is 0 Å². The zero-order valence-corrected chi connectivity index (χ0v) is 14.1. The molecule has 1 aliphatic rings. The number of amides is 1. The number of aromatic nitrogens is 4. The highest BCUT2D eigenvalue weighted by atomic mass is 16.1. The Labute approximate surface area is 136 Å². The van der Waals surface area contributed by atoms with Gasteiger partial charge in [0.25, 0.3) is 5.91 Å². The Hall–Kier alpha value is -2.24. The standard InChI is InChI=1S/C17H23N5O/c1-5-22-12(4)15(11(3)21-22)10(2)20-17(23)14-8-18-16(19-9-14)13-6-7-13/h8-10,13H,5-7H2,1-4H3,(H,20,23)/t10-/m1/s1. The van der Waals surface area contributed by atoms with Crippen LogP contribution in [-0.4, -0.2) is 25.7 Å². The number of hydrogen-bond donors (Lipinski definition) is 1. The molecule has 0 spiro atoms. The maximum absolute atomic E-state index is 12.4. The van der Waals surface area contributed by atoms with Crippen molar-refractivity contribution in [2.24, 2.45) is 0 Å². The van der Waals surface area contributed by atoms with Gasteiger partial charge in [-0.2, -0.15) is 5.10 Å². The van der Waals surface area contributed by atoms with Crippen molar-refractivity contribution in [1.82, 2.24) is 25.1 Å². The van der Waals surface area contributed by atoms with E-state index in [1.165, 1.54) is 0 Å². The van der Waals surface area contributed by atoms with Crippen molar-refractivity contribution in [3.8, 4) is 0 Å². The first-order valence-corrected chi connectivity index (χ1v) is 8.18. The van der Waals surface area contributed by atoms with Crippen molar-refractivity contribution in [3.05, 3.63) is 40.7 Å². The van der Waals surface area contributed by atoms with E-state index in [4.69, 9.17) is 0 Å². The van der Waals surface area contributed by atoms with Crippen molar-refractivity contribution >= 4 is 5.91 Å². The Kier molecular flexibility index (Phi) is 4.15. The normalized spacial score (nSPS) is 15.5. The average Bonchev–Trinajstić information content (AvgIpc) is 3.33. The number of nitrogens with zero attached hydrogens (tertiary/aromatic N) is 4. The second kappa shape index (κ2) is 6.10. The monoisotopic (exact) mass is 313 g/mol. The highest BCUT2D eigenvalue weighted by Crippen LogP contribution is 2.37. The molecule has 1 amide bonds. The third-order valence-electron chi connectivity index (χ3n) is 4.39. The van der Waals surface area contributed by atoms with E-state index in [9.17, 15) is 4.79 Å². The lowest BCUT2D eigenvalue weighted by Gasteiger charge is -2.15. The van der Waals surface area contributed by atoms with Crippen LogP contribution in [0.15, 0.2) is 12.4 Å². The summed E-state index contributed by atoms with van der Waals surface area (Å²) in [6.07, 6.45) is 5.56. The summed E-state index contributed by atoms with van der Waals surface area (Å²) in [5, 5.41) is 7.53. The molecule has 1 N–H and O–H groups in total. The molecule has 0 aliphatic heterocycles. The maximum Gasteiger partial charge on any atom is 0.254 e. The van der Waals surface area contributed by atoms with Gasteiger partial charge in [0.15, 0.2) is 0 Å². The molecular formula is C17H23N5O. The Morgan fingerprint density at radius 1 is 1.35 bits per heavy atom. The van der Waals surface area contributed by atoms with E-state index in [1.54, 1.807) is 12.4 Å². The van der Waals surface area contributed by atoms with E-state index in [2.05, 4.69) is 27.3 Å². The number of carbonyl (C=O) groups is 1. The van der Waals surface area contributed by atoms with Crippen LogP contribution in [-0.2, 0) is 6.54 Å². The molecule has 6 nitrogen and oxygen atoms in total. The molecule has 0 aromatic carbocycles. The fraction of sp³-hybridized carbons (Fsp3) is 0.529. The minimum absolute atomic E-state index is 0.106. The van der Waals surface area contributed by atoms with Crippen LogP contribution in [0.25, 0.3) is 0 Å². The molecule has 23 heavy (non-hydrogen) atoms. The molecular weight excluding hydrogens is 290 g/mol. The summed E-state index contributed by atoms with van der Waals surface area (Å²) in [6.45, 7) is 8.88. The number of rotatable bonds is 5. The van der Waals surface area contributed by atoms with E-state index in [0.717, 1.165) is 42.2 Å². The summed E-state index contributed by atoms with van der Waals surface area (Å²) in [6, 6.07) is -0.106. The van der Waals surface area contributed by atoms with E-state index in [0.29, 0.717) is 11.5 Å². The SMILES string of the molecule is CCn1nc(C)c([C@@H](C)NC(=O)c2cnc(C3CC3)nc2)c1C. The van der Waals surface area contributed by atoms with Crippen LogP contribution in [0, 0.1) is 13.8 Å². The van der Waals surface area contributed by atoms with Crippen LogP contribution >= 0.6 is 0 Å². The van der Waals surface area contributed by atoms with Crippen molar-refractivity contribution in [3.63, 3.8) is 0 Å².